The molecule has 2 atom stereocenters. The summed E-state index contributed by atoms with van der Waals surface area (Å²) in [5.74, 6) is 1.36. The van der Waals surface area contributed by atoms with Crippen LogP contribution < -0.4 is 0 Å². The van der Waals surface area contributed by atoms with Crippen LogP contribution in [0.25, 0.3) is 0 Å². The van der Waals surface area contributed by atoms with Crippen LogP contribution in [-0.4, -0.2) is 0 Å². The molecule has 0 heteroatoms. The van der Waals surface area contributed by atoms with Gasteiger partial charge in [-0.3, -0.25) is 0 Å². The van der Waals surface area contributed by atoms with Crippen molar-refractivity contribution in [2.75, 3.05) is 0 Å². The van der Waals surface area contributed by atoms with E-state index < -0.39 is 0 Å². The van der Waals surface area contributed by atoms with Crippen molar-refractivity contribution >= 4 is 0 Å². The Morgan fingerprint density at radius 1 is 0.545 bits per heavy atom. The Kier molecular flexibility index (Phi) is 5.20. The molecule has 0 aromatic rings. The molecule has 0 heterocycles. The summed E-state index contributed by atoms with van der Waals surface area (Å²) in [6, 6.07) is 0. The van der Waals surface area contributed by atoms with E-state index in [4.69, 9.17) is 0 Å². The molecule has 0 nitrogen and oxygen atoms in total. The normalized spacial score (nSPS) is 26.2. The van der Waals surface area contributed by atoms with Crippen LogP contribution in [0.2, 0.25) is 0 Å². The highest BCUT2D eigenvalue weighted by Gasteiger charge is 2.24. The van der Waals surface area contributed by atoms with Crippen molar-refractivity contribution in [2.24, 2.45) is 11.8 Å². The maximum absolute atomic E-state index is 2.38. The van der Waals surface area contributed by atoms with E-state index in [9.17, 15) is 0 Å². The van der Waals surface area contributed by atoms with Crippen molar-refractivity contribution in [3.05, 3.63) is 44.6 Å². The van der Waals surface area contributed by atoms with Gasteiger partial charge in [-0.15, -0.1) is 0 Å². The Morgan fingerprint density at radius 2 is 0.864 bits per heavy atom. The lowest BCUT2D eigenvalue weighted by molar-refractivity contribution is 0.645. The molecule has 0 fully saturated rings. The van der Waals surface area contributed by atoms with E-state index in [0.29, 0.717) is 11.8 Å². The molecule has 0 amide bonds. The summed E-state index contributed by atoms with van der Waals surface area (Å²) in [5.41, 5.74) is 12.8. The monoisotopic (exact) mass is 298 g/mol. The summed E-state index contributed by atoms with van der Waals surface area (Å²) in [4.78, 5) is 0. The van der Waals surface area contributed by atoms with Crippen LogP contribution in [-0.2, 0) is 0 Å². The highest BCUT2D eigenvalue weighted by molar-refractivity contribution is 5.47. The third kappa shape index (κ3) is 2.90. The molecular weight excluding hydrogens is 264 g/mol. The molecule has 2 unspecified atom stereocenters. The van der Waals surface area contributed by atoms with Crippen LogP contribution >= 0.6 is 0 Å². The van der Waals surface area contributed by atoms with E-state index >= 15 is 0 Å². The van der Waals surface area contributed by atoms with Gasteiger partial charge in [0.1, 0.15) is 0 Å². The van der Waals surface area contributed by atoms with Crippen LogP contribution in [0.4, 0.5) is 0 Å². The van der Waals surface area contributed by atoms with E-state index in [1.807, 2.05) is 0 Å². The predicted octanol–water partition coefficient (Wildman–Crippen LogP) is 7.15. The third-order valence-electron chi connectivity index (χ3n) is 6.76. The highest BCUT2D eigenvalue weighted by atomic mass is 14.3. The molecule has 0 saturated heterocycles. The second kappa shape index (κ2) is 6.60. The number of rotatable bonds is 5. The molecule has 22 heavy (non-hydrogen) atoms. The van der Waals surface area contributed by atoms with E-state index in [1.165, 1.54) is 25.7 Å². The molecule has 0 saturated carbocycles. The molecular formula is C22H34. The zero-order valence-electron chi connectivity index (χ0n) is 16.0. The van der Waals surface area contributed by atoms with Crippen LogP contribution in [0.1, 0.15) is 81.1 Å². The Morgan fingerprint density at radius 3 is 1.09 bits per heavy atom. The first-order valence-electron chi connectivity index (χ1n) is 9.02. The molecule has 122 valence electrons. The standard InChI is InChI=1S/C22H34/c1-13-14(2)18(6)21(17(13)5)11-9-10-12-22-19(7)15(3)16(4)20(22)8/h17,19H,9-12H2,1-8H3. The minimum atomic E-state index is 0.678. The van der Waals surface area contributed by atoms with E-state index in [2.05, 4.69) is 55.4 Å². The number of hydrogen-bond acceptors (Lipinski definition) is 0. The third-order valence-corrected chi connectivity index (χ3v) is 6.76. The maximum Gasteiger partial charge on any atom is -0.00126 e. The first-order chi connectivity index (χ1) is 10.3. The molecule has 0 bridgehead atoms. The van der Waals surface area contributed by atoms with Gasteiger partial charge in [0.2, 0.25) is 0 Å². The zero-order chi connectivity index (χ0) is 16.6. The summed E-state index contributed by atoms with van der Waals surface area (Å²) in [6.45, 7) is 18.6. The van der Waals surface area contributed by atoms with Gasteiger partial charge in [-0.05, 0) is 101 Å². The quantitative estimate of drug-likeness (QED) is 0.473. The van der Waals surface area contributed by atoms with Gasteiger partial charge in [-0.25, -0.2) is 0 Å². The van der Waals surface area contributed by atoms with Crippen LogP contribution in [0, 0.1) is 11.8 Å². The van der Waals surface area contributed by atoms with Crippen LogP contribution in [0.5, 0.6) is 0 Å². The largest absolute Gasteiger partial charge is 0.0632 e. The Bertz CT molecular complexity index is 536. The van der Waals surface area contributed by atoms with Crippen molar-refractivity contribution < 1.29 is 0 Å². The molecule has 2 aliphatic carbocycles. The lowest BCUT2D eigenvalue weighted by Crippen LogP contribution is -2.00. The lowest BCUT2D eigenvalue weighted by atomic mass is 9.90. The second-order valence-corrected chi connectivity index (χ2v) is 7.57. The van der Waals surface area contributed by atoms with Gasteiger partial charge in [0.05, 0.1) is 0 Å². The topological polar surface area (TPSA) is 0 Å². The fraction of sp³-hybridized carbons (Fsp3) is 0.636. The SMILES string of the molecule is CC1=C(C)C(C)C(CCCCC2=C(C)C(C)=C(C)C2C)=C1C. The Balaban J connectivity index is 1.88. The molecule has 0 spiro atoms. The van der Waals surface area contributed by atoms with Crippen molar-refractivity contribution in [3.8, 4) is 0 Å². The van der Waals surface area contributed by atoms with Gasteiger partial charge in [-0.1, -0.05) is 36.1 Å². The van der Waals surface area contributed by atoms with Gasteiger partial charge in [0.15, 0.2) is 0 Å². The Labute approximate surface area is 138 Å². The van der Waals surface area contributed by atoms with Crippen LogP contribution in [0.3, 0.4) is 0 Å². The van der Waals surface area contributed by atoms with Crippen molar-refractivity contribution in [2.45, 2.75) is 81.1 Å². The molecule has 2 rings (SSSR count). The minimum Gasteiger partial charge on any atom is -0.0632 e. The number of unbranched alkanes of at least 4 members (excludes halogenated alkanes) is 1. The number of allylic oxidation sites excluding steroid dienone is 8. The maximum atomic E-state index is 2.38. The lowest BCUT2D eigenvalue weighted by Gasteiger charge is -2.15. The molecule has 0 aromatic heterocycles. The van der Waals surface area contributed by atoms with Gasteiger partial charge >= 0.3 is 0 Å². The average Bonchev–Trinajstić information content (AvgIpc) is 2.79. The van der Waals surface area contributed by atoms with Gasteiger partial charge < -0.3 is 0 Å². The second-order valence-electron chi connectivity index (χ2n) is 7.57. The highest BCUT2D eigenvalue weighted by Crippen LogP contribution is 2.41. The molecule has 0 aromatic carbocycles. The molecule has 2 aliphatic rings. The van der Waals surface area contributed by atoms with Crippen LogP contribution in [0.15, 0.2) is 44.6 Å². The van der Waals surface area contributed by atoms with E-state index in [-0.39, 0.29) is 0 Å². The van der Waals surface area contributed by atoms with Gasteiger partial charge in [-0.2, -0.15) is 0 Å². The van der Waals surface area contributed by atoms with Gasteiger partial charge in [0.25, 0.3) is 0 Å². The van der Waals surface area contributed by atoms with Gasteiger partial charge in [0, 0.05) is 0 Å². The number of hydrogen-bond donors (Lipinski definition) is 0. The summed E-state index contributed by atoms with van der Waals surface area (Å²) in [5, 5.41) is 0. The first-order valence-corrected chi connectivity index (χ1v) is 9.02. The average molecular weight is 299 g/mol. The molecule has 0 aliphatic heterocycles. The minimum absolute atomic E-state index is 0.678. The van der Waals surface area contributed by atoms with E-state index in [0.717, 1.165) is 0 Å². The molecule has 0 N–H and O–H groups in total. The fourth-order valence-corrected chi connectivity index (χ4v) is 4.33. The smallest absolute Gasteiger partial charge is 0.00126 e. The predicted molar refractivity (Wildman–Crippen MR) is 98.9 cm³/mol. The first kappa shape index (κ1) is 17.3. The van der Waals surface area contributed by atoms with Crippen molar-refractivity contribution in [1.82, 2.24) is 0 Å². The Hall–Kier alpha value is -1.04. The molecule has 0 radical (unpaired) electrons. The summed E-state index contributed by atoms with van der Waals surface area (Å²) in [7, 11) is 0. The zero-order valence-corrected chi connectivity index (χ0v) is 16.0. The summed E-state index contributed by atoms with van der Waals surface area (Å²) < 4.78 is 0. The fourth-order valence-electron chi connectivity index (χ4n) is 4.33. The van der Waals surface area contributed by atoms with E-state index in [1.54, 1.807) is 44.6 Å². The van der Waals surface area contributed by atoms with Crippen molar-refractivity contribution in [3.63, 3.8) is 0 Å². The van der Waals surface area contributed by atoms with Crippen molar-refractivity contribution in [1.29, 1.82) is 0 Å². The summed E-state index contributed by atoms with van der Waals surface area (Å²) >= 11 is 0. The summed E-state index contributed by atoms with van der Waals surface area (Å²) in [6.07, 6.45) is 5.24.